The van der Waals surface area contributed by atoms with Crippen molar-refractivity contribution in [1.29, 1.82) is 0 Å². The van der Waals surface area contributed by atoms with Gasteiger partial charge < -0.3 is 11.1 Å². The van der Waals surface area contributed by atoms with Crippen LogP contribution in [-0.4, -0.2) is 17.2 Å². The molecule has 1 atom stereocenters. The van der Waals surface area contributed by atoms with Crippen LogP contribution in [0.15, 0.2) is 0 Å². The molecule has 74 valence electrons. The van der Waals surface area contributed by atoms with Gasteiger partial charge in [-0.2, -0.15) is 0 Å². The summed E-state index contributed by atoms with van der Waals surface area (Å²) in [6, 6.07) is -0.535. The van der Waals surface area contributed by atoms with Gasteiger partial charge in [-0.1, -0.05) is 25.5 Å². The Kier molecular flexibility index (Phi) is 3.59. The van der Waals surface area contributed by atoms with E-state index in [0.717, 1.165) is 25.7 Å². The Morgan fingerprint density at radius 3 is 2.31 bits per heavy atom. The van der Waals surface area contributed by atoms with Crippen molar-refractivity contribution >= 4 is 23.8 Å². The highest BCUT2D eigenvalue weighted by atomic mass is 32.1. The predicted octanol–water partition coefficient (Wildman–Crippen LogP) is 0.670. The van der Waals surface area contributed by atoms with Crippen LogP contribution in [0.2, 0.25) is 0 Å². The van der Waals surface area contributed by atoms with E-state index in [1.807, 2.05) is 0 Å². The van der Waals surface area contributed by atoms with Crippen LogP contribution in [-0.2, 0) is 4.79 Å². The number of nitrogens with one attached hydrogen (secondary N) is 1. The minimum absolute atomic E-state index is 0.202. The number of hydrogen-bond acceptors (Lipinski definition) is 2. The van der Waals surface area contributed by atoms with E-state index in [9.17, 15) is 9.59 Å². The van der Waals surface area contributed by atoms with Crippen LogP contribution >= 0.6 is 12.6 Å². The number of carbonyl (C=O) groups excluding carboxylic acids is 2. The second-order valence-corrected chi connectivity index (χ2v) is 3.78. The third-order valence-electron chi connectivity index (χ3n) is 2.46. The number of nitrogens with two attached hydrogens (primary N) is 1. The summed E-state index contributed by atoms with van der Waals surface area (Å²) in [6.45, 7) is 0. The Hall–Kier alpha value is -0.710. The summed E-state index contributed by atoms with van der Waals surface area (Å²) in [5.74, 6) is -0.261. The van der Waals surface area contributed by atoms with Gasteiger partial charge in [0.1, 0.15) is 6.04 Å². The summed E-state index contributed by atoms with van der Waals surface area (Å²) < 4.78 is 0. The van der Waals surface area contributed by atoms with E-state index >= 15 is 0 Å². The molecule has 3 N–H and O–H groups in total. The number of rotatable bonds is 3. The molecule has 0 heterocycles. The molecule has 5 heteroatoms. The lowest BCUT2D eigenvalue weighted by atomic mass is 9.98. The van der Waals surface area contributed by atoms with E-state index in [4.69, 9.17) is 5.73 Å². The average Bonchev–Trinajstić information content (AvgIpc) is 2.50. The number of hydrogen-bond donors (Lipinski definition) is 3. The zero-order valence-electron chi connectivity index (χ0n) is 7.32. The molecule has 0 aromatic rings. The SMILES string of the molecule is NC(=O)C(NC(=O)S)C1CCCC1. The summed E-state index contributed by atoms with van der Waals surface area (Å²) >= 11 is 3.57. The zero-order valence-corrected chi connectivity index (χ0v) is 8.22. The van der Waals surface area contributed by atoms with Crippen molar-refractivity contribution in [3.05, 3.63) is 0 Å². The fraction of sp³-hybridized carbons (Fsp3) is 0.750. The van der Waals surface area contributed by atoms with E-state index in [0.29, 0.717) is 0 Å². The Morgan fingerprint density at radius 2 is 1.92 bits per heavy atom. The molecule has 1 aliphatic carbocycles. The van der Waals surface area contributed by atoms with Gasteiger partial charge >= 0.3 is 0 Å². The van der Waals surface area contributed by atoms with E-state index in [1.54, 1.807) is 0 Å². The van der Waals surface area contributed by atoms with Crippen LogP contribution in [0.4, 0.5) is 4.79 Å². The molecular formula is C8H14N2O2S. The van der Waals surface area contributed by atoms with Gasteiger partial charge in [0.2, 0.25) is 5.91 Å². The van der Waals surface area contributed by atoms with Crippen LogP contribution in [0.25, 0.3) is 0 Å². The van der Waals surface area contributed by atoms with Crippen LogP contribution in [0.5, 0.6) is 0 Å². The second-order valence-electron chi connectivity index (χ2n) is 3.37. The van der Waals surface area contributed by atoms with E-state index in [2.05, 4.69) is 17.9 Å². The monoisotopic (exact) mass is 202 g/mol. The van der Waals surface area contributed by atoms with Crippen molar-refractivity contribution < 1.29 is 9.59 Å². The highest BCUT2D eigenvalue weighted by molar-refractivity contribution is 7.96. The van der Waals surface area contributed by atoms with Gasteiger partial charge in [-0.25, -0.2) is 0 Å². The fourth-order valence-corrected chi connectivity index (χ4v) is 1.98. The Labute approximate surface area is 82.7 Å². The predicted molar refractivity (Wildman–Crippen MR) is 52.5 cm³/mol. The Balaban J connectivity index is 2.55. The fourth-order valence-electron chi connectivity index (χ4n) is 1.85. The van der Waals surface area contributed by atoms with Gasteiger partial charge in [-0.05, 0) is 18.8 Å². The quantitative estimate of drug-likeness (QED) is 0.588. The maximum atomic E-state index is 11.0. The van der Waals surface area contributed by atoms with E-state index < -0.39 is 17.2 Å². The molecular weight excluding hydrogens is 188 g/mol. The molecule has 1 fully saturated rings. The van der Waals surface area contributed by atoms with Crippen molar-refractivity contribution in [3.8, 4) is 0 Å². The number of carbonyl (C=O) groups is 2. The highest BCUT2D eigenvalue weighted by Crippen LogP contribution is 2.27. The third kappa shape index (κ3) is 2.91. The Morgan fingerprint density at radius 1 is 1.38 bits per heavy atom. The summed E-state index contributed by atoms with van der Waals surface area (Å²) in [5, 5.41) is 1.98. The highest BCUT2D eigenvalue weighted by Gasteiger charge is 2.29. The molecule has 0 aliphatic heterocycles. The lowest BCUT2D eigenvalue weighted by Crippen LogP contribution is -2.46. The average molecular weight is 202 g/mol. The first kappa shape index (κ1) is 10.4. The van der Waals surface area contributed by atoms with Crippen molar-refractivity contribution in [3.63, 3.8) is 0 Å². The molecule has 0 aromatic heterocycles. The lowest BCUT2D eigenvalue weighted by molar-refractivity contribution is -0.120. The van der Waals surface area contributed by atoms with E-state index in [-0.39, 0.29) is 5.92 Å². The molecule has 0 radical (unpaired) electrons. The molecule has 1 rings (SSSR count). The molecule has 0 spiro atoms. The molecule has 1 aliphatic rings. The first-order valence-electron chi connectivity index (χ1n) is 4.40. The van der Waals surface area contributed by atoms with Gasteiger partial charge in [-0.15, -0.1) is 0 Å². The van der Waals surface area contributed by atoms with Crippen LogP contribution in [0, 0.1) is 5.92 Å². The molecule has 4 nitrogen and oxygen atoms in total. The number of primary amides is 1. The maximum absolute atomic E-state index is 11.0. The smallest absolute Gasteiger partial charge is 0.276 e. The van der Waals surface area contributed by atoms with Crippen molar-refractivity contribution in [2.45, 2.75) is 31.7 Å². The minimum Gasteiger partial charge on any atom is -0.368 e. The standard InChI is InChI=1S/C8H14N2O2S/c9-7(11)6(10-8(12)13)5-3-1-2-4-5/h5-6H,1-4H2,(H2,9,11)(H2,10,12,13). The molecule has 0 bridgehead atoms. The largest absolute Gasteiger partial charge is 0.368 e. The summed E-state index contributed by atoms with van der Waals surface area (Å²) in [5.41, 5.74) is 5.18. The van der Waals surface area contributed by atoms with Gasteiger partial charge in [0.05, 0.1) is 0 Å². The topological polar surface area (TPSA) is 72.2 Å². The molecule has 13 heavy (non-hydrogen) atoms. The second kappa shape index (κ2) is 4.50. The van der Waals surface area contributed by atoms with Gasteiger partial charge in [0, 0.05) is 0 Å². The first-order chi connectivity index (χ1) is 6.11. The number of amides is 2. The maximum Gasteiger partial charge on any atom is 0.276 e. The van der Waals surface area contributed by atoms with Crippen LogP contribution < -0.4 is 11.1 Å². The van der Waals surface area contributed by atoms with Crippen LogP contribution in [0.3, 0.4) is 0 Å². The van der Waals surface area contributed by atoms with Gasteiger partial charge in [-0.3, -0.25) is 9.59 Å². The lowest BCUT2D eigenvalue weighted by Gasteiger charge is -2.19. The van der Waals surface area contributed by atoms with Crippen LogP contribution in [0.1, 0.15) is 25.7 Å². The van der Waals surface area contributed by atoms with Crippen molar-refractivity contribution in [1.82, 2.24) is 5.32 Å². The zero-order chi connectivity index (χ0) is 9.84. The summed E-state index contributed by atoms with van der Waals surface area (Å²) in [4.78, 5) is 21.7. The molecule has 2 amide bonds. The normalized spacial score (nSPS) is 19.8. The Bertz CT molecular complexity index is 214. The van der Waals surface area contributed by atoms with Gasteiger partial charge in [0.25, 0.3) is 5.24 Å². The van der Waals surface area contributed by atoms with Gasteiger partial charge in [0.15, 0.2) is 0 Å². The minimum atomic E-state index is -0.535. The summed E-state index contributed by atoms with van der Waals surface area (Å²) in [7, 11) is 0. The third-order valence-corrected chi connectivity index (χ3v) is 2.59. The molecule has 1 saturated carbocycles. The summed E-state index contributed by atoms with van der Waals surface area (Å²) in [6.07, 6.45) is 4.14. The molecule has 1 unspecified atom stereocenters. The van der Waals surface area contributed by atoms with E-state index in [1.165, 1.54) is 0 Å². The number of thiol groups is 1. The first-order valence-corrected chi connectivity index (χ1v) is 4.84. The molecule has 0 saturated heterocycles. The molecule has 0 aromatic carbocycles. The van der Waals surface area contributed by atoms with Crippen molar-refractivity contribution in [2.75, 3.05) is 0 Å². The van der Waals surface area contributed by atoms with Crippen molar-refractivity contribution in [2.24, 2.45) is 11.7 Å².